The molecule has 0 aromatic heterocycles. The van der Waals surface area contributed by atoms with Crippen molar-refractivity contribution in [3.05, 3.63) is 23.8 Å². The fraction of sp³-hybridized carbons (Fsp3) is 0.333. The highest BCUT2D eigenvalue weighted by Crippen LogP contribution is 2.20. The summed E-state index contributed by atoms with van der Waals surface area (Å²) >= 11 is 0. The normalized spacial score (nSPS) is 12.5. The smallest absolute Gasteiger partial charge is 0.337 e. The van der Waals surface area contributed by atoms with Crippen LogP contribution in [0.5, 0.6) is 0 Å². The second kappa shape index (κ2) is 6.55. The molecule has 0 saturated carbocycles. The van der Waals surface area contributed by atoms with Crippen molar-refractivity contribution in [2.75, 3.05) is 20.0 Å². The number of hydrogen-bond donors (Lipinski definition) is 2. The summed E-state index contributed by atoms with van der Waals surface area (Å²) in [5, 5.41) is 0. The highest BCUT2D eigenvalue weighted by Gasteiger charge is 2.24. The van der Waals surface area contributed by atoms with Crippen molar-refractivity contribution in [2.45, 2.75) is 17.9 Å². The van der Waals surface area contributed by atoms with Crippen molar-refractivity contribution in [3.63, 3.8) is 0 Å². The Labute approximate surface area is 122 Å². The topological polar surface area (TPSA) is 125 Å². The molecule has 21 heavy (non-hydrogen) atoms. The average molecular weight is 316 g/mol. The lowest BCUT2D eigenvalue weighted by Gasteiger charge is -2.13. The van der Waals surface area contributed by atoms with E-state index in [0.29, 0.717) is 0 Å². The van der Waals surface area contributed by atoms with E-state index in [4.69, 9.17) is 5.73 Å². The Morgan fingerprint density at radius 1 is 1.24 bits per heavy atom. The van der Waals surface area contributed by atoms with Crippen LogP contribution in [0.1, 0.15) is 17.3 Å². The number of nitrogens with one attached hydrogen (secondary N) is 1. The minimum atomic E-state index is -4.02. The molecule has 1 atom stereocenters. The van der Waals surface area contributed by atoms with Gasteiger partial charge in [-0.25, -0.2) is 13.2 Å². The number of nitrogens with two attached hydrogens (primary N) is 1. The van der Waals surface area contributed by atoms with E-state index in [-0.39, 0.29) is 16.1 Å². The van der Waals surface area contributed by atoms with Gasteiger partial charge in [0.2, 0.25) is 10.0 Å². The lowest BCUT2D eigenvalue weighted by atomic mass is 10.2. The van der Waals surface area contributed by atoms with E-state index in [1.807, 2.05) is 0 Å². The maximum absolute atomic E-state index is 12.1. The molecule has 1 unspecified atom stereocenters. The molecule has 1 aromatic rings. The van der Waals surface area contributed by atoms with E-state index in [1.54, 1.807) is 0 Å². The van der Waals surface area contributed by atoms with Crippen LogP contribution in [0.4, 0.5) is 5.69 Å². The summed E-state index contributed by atoms with van der Waals surface area (Å²) in [4.78, 5) is 22.3. The minimum absolute atomic E-state index is 0.120. The summed E-state index contributed by atoms with van der Waals surface area (Å²) in [6, 6.07) is 2.54. The number of anilines is 1. The van der Waals surface area contributed by atoms with Crippen molar-refractivity contribution in [1.82, 2.24) is 4.72 Å². The van der Waals surface area contributed by atoms with E-state index < -0.39 is 28.0 Å². The zero-order chi connectivity index (χ0) is 16.2. The Morgan fingerprint density at radius 3 is 2.33 bits per heavy atom. The van der Waals surface area contributed by atoms with Crippen LogP contribution in [-0.2, 0) is 24.3 Å². The number of benzene rings is 1. The summed E-state index contributed by atoms with van der Waals surface area (Å²) in [5.41, 5.74) is 5.62. The highest BCUT2D eigenvalue weighted by molar-refractivity contribution is 7.89. The van der Waals surface area contributed by atoms with Gasteiger partial charge in [-0.1, -0.05) is 0 Å². The van der Waals surface area contributed by atoms with E-state index in [1.165, 1.54) is 26.2 Å². The molecular weight excluding hydrogens is 300 g/mol. The second-order valence-corrected chi connectivity index (χ2v) is 5.79. The van der Waals surface area contributed by atoms with Gasteiger partial charge in [0.1, 0.15) is 10.9 Å². The first kappa shape index (κ1) is 16.9. The first-order chi connectivity index (χ1) is 9.72. The standard InChI is InChI=1S/C12H16N2O6S/c1-7(11(15)19-2)14-21(17,18)10-5-4-8(6-9(10)13)12(16)20-3/h4-7,14H,13H2,1-3H3. The number of nitrogen functional groups attached to an aromatic ring is 1. The van der Waals surface area contributed by atoms with E-state index in [9.17, 15) is 18.0 Å². The molecule has 0 aliphatic heterocycles. The van der Waals surface area contributed by atoms with Crippen molar-refractivity contribution in [3.8, 4) is 0 Å². The number of carbonyl (C=O) groups is 2. The third-order valence-electron chi connectivity index (χ3n) is 2.61. The molecule has 0 fully saturated rings. The Hall–Kier alpha value is -2.13. The number of ether oxygens (including phenoxy) is 2. The lowest BCUT2D eigenvalue weighted by molar-refractivity contribution is -0.142. The van der Waals surface area contributed by atoms with Crippen molar-refractivity contribution in [1.29, 1.82) is 0 Å². The molecule has 8 nitrogen and oxygen atoms in total. The fourth-order valence-corrected chi connectivity index (χ4v) is 2.86. The molecular formula is C12H16N2O6S. The quantitative estimate of drug-likeness (QED) is 0.573. The summed E-state index contributed by atoms with van der Waals surface area (Å²) in [7, 11) is -1.68. The molecule has 3 N–H and O–H groups in total. The van der Waals surface area contributed by atoms with Gasteiger partial charge in [-0.15, -0.1) is 0 Å². The van der Waals surface area contributed by atoms with Crippen LogP contribution in [0.2, 0.25) is 0 Å². The van der Waals surface area contributed by atoms with Crippen LogP contribution < -0.4 is 10.5 Å². The molecule has 1 rings (SSSR count). The van der Waals surface area contributed by atoms with Crippen LogP contribution in [-0.4, -0.2) is 40.6 Å². The maximum atomic E-state index is 12.1. The lowest BCUT2D eigenvalue weighted by Crippen LogP contribution is -2.39. The highest BCUT2D eigenvalue weighted by atomic mass is 32.2. The molecule has 0 amide bonds. The number of sulfonamides is 1. The van der Waals surface area contributed by atoms with Gasteiger partial charge in [-0.3, -0.25) is 4.79 Å². The van der Waals surface area contributed by atoms with Crippen molar-refractivity contribution in [2.24, 2.45) is 0 Å². The molecule has 0 bridgehead atoms. The predicted octanol–water partition coefficient (Wildman–Crippen LogP) is -0.105. The zero-order valence-corrected chi connectivity index (χ0v) is 12.6. The predicted molar refractivity (Wildman–Crippen MR) is 74.0 cm³/mol. The number of methoxy groups -OCH3 is 2. The summed E-state index contributed by atoms with van der Waals surface area (Å²) in [6.45, 7) is 1.34. The van der Waals surface area contributed by atoms with Gasteiger partial charge in [-0.05, 0) is 25.1 Å². The minimum Gasteiger partial charge on any atom is -0.468 e. The summed E-state index contributed by atoms with van der Waals surface area (Å²) in [5.74, 6) is -1.37. The SMILES string of the molecule is COC(=O)c1ccc(S(=O)(=O)NC(C)C(=O)OC)c(N)c1. The Kier molecular flexibility index (Phi) is 5.28. The van der Waals surface area contributed by atoms with Crippen molar-refractivity contribution < 1.29 is 27.5 Å². The number of carbonyl (C=O) groups excluding carboxylic acids is 2. The molecule has 0 aliphatic rings. The van der Waals surface area contributed by atoms with Gasteiger partial charge in [0.15, 0.2) is 0 Å². The second-order valence-electron chi connectivity index (χ2n) is 4.11. The van der Waals surface area contributed by atoms with Crippen molar-refractivity contribution >= 4 is 27.6 Å². The van der Waals surface area contributed by atoms with E-state index in [2.05, 4.69) is 14.2 Å². The van der Waals surface area contributed by atoms with Gasteiger partial charge in [-0.2, -0.15) is 4.72 Å². The van der Waals surface area contributed by atoms with Gasteiger partial charge in [0.05, 0.1) is 25.5 Å². The van der Waals surface area contributed by atoms with Crippen LogP contribution in [0.3, 0.4) is 0 Å². The molecule has 116 valence electrons. The Bertz CT molecular complexity index is 656. The van der Waals surface area contributed by atoms with Gasteiger partial charge < -0.3 is 15.2 Å². The van der Waals surface area contributed by atoms with Gasteiger partial charge >= 0.3 is 11.9 Å². The first-order valence-corrected chi connectivity index (χ1v) is 7.29. The Morgan fingerprint density at radius 2 is 1.86 bits per heavy atom. The number of hydrogen-bond acceptors (Lipinski definition) is 7. The van der Waals surface area contributed by atoms with Gasteiger partial charge in [0, 0.05) is 0 Å². The molecule has 0 saturated heterocycles. The maximum Gasteiger partial charge on any atom is 0.337 e. The van der Waals surface area contributed by atoms with Crippen LogP contribution >= 0.6 is 0 Å². The molecule has 0 spiro atoms. The third-order valence-corrected chi connectivity index (χ3v) is 4.22. The molecule has 0 radical (unpaired) electrons. The fourth-order valence-electron chi connectivity index (χ4n) is 1.56. The Balaban J connectivity index is 3.10. The molecule has 9 heteroatoms. The number of esters is 2. The molecule has 0 heterocycles. The van der Waals surface area contributed by atoms with E-state index in [0.717, 1.165) is 13.2 Å². The summed E-state index contributed by atoms with van der Waals surface area (Å²) < 4.78 is 35.3. The summed E-state index contributed by atoms with van der Waals surface area (Å²) in [6.07, 6.45) is 0. The monoisotopic (exact) mass is 316 g/mol. The van der Waals surface area contributed by atoms with Crippen LogP contribution in [0.25, 0.3) is 0 Å². The van der Waals surface area contributed by atoms with Crippen LogP contribution in [0.15, 0.2) is 23.1 Å². The molecule has 0 aliphatic carbocycles. The first-order valence-electron chi connectivity index (χ1n) is 5.81. The van der Waals surface area contributed by atoms with Gasteiger partial charge in [0.25, 0.3) is 0 Å². The third kappa shape index (κ3) is 3.92. The molecule has 1 aromatic carbocycles. The number of rotatable bonds is 5. The zero-order valence-electron chi connectivity index (χ0n) is 11.7. The van der Waals surface area contributed by atoms with Crippen LogP contribution in [0, 0.1) is 0 Å². The van der Waals surface area contributed by atoms with E-state index >= 15 is 0 Å². The average Bonchev–Trinajstić information content (AvgIpc) is 2.44. The largest absolute Gasteiger partial charge is 0.468 e.